The van der Waals surface area contributed by atoms with Crippen molar-refractivity contribution in [3.63, 3.8) is 0 Å². The number of hydrogen-bond donors (Lipinski definition) is 1. The minimum absolute atomic E-state index is 0.105. The van der Waals surface area contributed by atoms with Crippen molar-refractivity contribution in [1.29, 1.82) is 0 Å². The molecule has 2 aromatic heterocycles. The molecule has 2 aromatic rings. The standard InChI is InChI=1S/C18H24N4O3/c1-12-6-7-14(18(21-12)24-3)17(23)20-11-13-5-4-10-25-15(13)16-19-8-9-22(16)2/h6-9,13,15H,4-5,10-11H2,1-3H3,(H,20,23)/t13-,15+/m0/s1. The molecule has 25 heavy (non-hydrogen) atoms. The normalized spacial score (nSPS) is 20.3. The molecule has 1 amide bonds. The lowest BCUT2D eigenvalue weighted by Gasteiger charge is -2.31. The van der Waals surface area contributed by atoms with Gasteiger partial charge in [0.15, 0.2) is 0 Å². The number of hydrogen-bond acceptors (Lipinski definition) is 5. The van der Waals surface area contributed by atoms with Crippen LogP contribution in [-0.4, -0.2) is 40.7 Å². The molecule has 1 fully saturated rings. The largest absolute Gasteiger partial charge is 0.480 e. The van der Waals surface area contributed by atoms with Gasteiger partial charge in [0, 0.05) is 44.2 Å². The number of aromatic nitrogens is 3. The van der Waals surface area contributed by atoms with Crippen molar-refractivity contribution in [3.05, 3.63) is 41.6 Å². The van der Waals surface area contributed by atoms with Crippen LogP contribution in [0.25, 0.3) is 0 Å². The fourth-order valence-electron chi connectivity index (χ4n) is 3.17. The van der Waals surface area contributed by atoms with Gasteiger partial charge in [0.1, 0.15) is 17.5 Å². The molecular weight excluding hydrogens is 320 g/mol. The molecule has 0 radical (unpaired) electrons. The Morgan fingerprint density at radius 3 is 3.04 bits per heavy atom. The van der Waals surface area contributed by atoms with Gasteiger partial charge in [-0.1, -0.05) is 0 Å². The summed E-state index contributed by atoms with van der Waals surface area (Å²) in [6.45, 7) is 3.10. The number of aryl methyl sites for hydroxylation is 2. The van der Waals surface area contributed by atoms with Crippen LogP contribution in [0.3, 0.4) is 0 Å². The summed E-state index contributed by atoms with van der Waals surface area (Å²) in [5, 5.41) is 3.00. The fraction of sp³-hybridized carbons (Fsp3) is 0.500. The summed E-state index contributed by atoms with van der Waals surface area (Å²) in [7, 11) is 3.48. The predicted molar refractivity (Wildman–Crippen MR) is 92.5 cm³/mol. The third kappa shape index (κ3) is 3.82. The molecule has 0 aromatic carbocycles. The number of amides is 1. The number of rotatable bonds is 5. The summed E-state index contributed by atoms with van der Waals surface area (Å²) in [5.41, 5.74) is 1.25. The van der Waals surface area contributed by atoms with Crippen LogP contribution in [-0.2, 0) is 11.8 Å². The van der Waals surface area contributed by atoms with E-state index < -0.39 is 0 Å². The Labute approximate surface area is 147 Å². The number of carbonyl (C=O) groups is 1. The molecule has 1 saturated heterocycles. The Hall–Kier alpha value is -2.41. The maximum Gasteiger partial charge on any atom is 0.256 e. The smallest absolute Gasteiger partial charge is 0.256 e. The number of pyridine rings is 1. The number of ether oxygens (including phenoxy) is 2. The van der Waals surface area contributed by atoms with Crippen LogP contribution in [0.2, 0.25) is 0 Å². The predicted octanol–water partition coefficient (Wildman–Crippen LogP) is 2.03. The van der Waals surface area contributed by atoms with Gasteiger partial charge in [-0.15, -0.1) is 0 Å². The number of nitrogens with zero attached hydrogens (tertiary/aromatic N) is 3. The molecule has 7 nitrogen and oxygen atoms in total. The zero-order valence-electron chi connectivity index (χ0n) is 14.9. The molecule has 7 heteroatoms. The van der Waals surface area contributed by atoms with Gasteiger partial charge < -0.3 is 19.4 Å². The maximum absolute atomic E-state index is 12.5. The van der Waals surface area contributed by atoms with Crippen LogP contribution < -0.4 is 10.1 Å². The number of carbonyl (C=O) groups excluding carboxylic acids is 1. The minimum Gasteiger partial charge on any atom is -0.480 e. The SMILES string of the molecule is COc1nc(C)ccc1C(=O)NC[C@@H]1CCCO[C@H]1c1nccn1C. The van der Waals surface area contributed by atoms with Crippen molar-refractivity contribution in [3.8, 4) is 5.88 Å². The first-order valence-corrected chi connectivity index (χ1v) is 8.48. The summed E-state index contributed by atoms with van der Waals surface area (Å²) in [6.07, 6.45) is 5.54. The van der Waals surface area contributed by atoms with E-state index in [4.69, 9.17) is 9.47 Å². The van der Waals surface area contributed by atoms with Crippen molar-refractivity contribution in [1.82, 2.24) is 19.9 Å². The van der Waals surface area contributed by atoms with Gasteiger partial charge in [0.25, 0.3) is 5.91 Å². The zero-order chi connectivity index (χ0) is 17.8. The molecule has 134 valence electrons. The summed E-state index contributed by atoms with van der Waals surface area (Å²) in [6, 6.07) is 3.54. The second kappa shape index (κ2) is 7.65. The number of imidazole rings is 1. The third-order valence-electron chi connectivity index (χ3n) is 4.52. The Morgan fingerprint density at radius 2 is 2.32 bits per heavy atom. The second-order valence-corrected chi connectivity index (χ2v) is 6.31. The molecular formula is C18H24N4O3. The third-order valence-corrected chi connectivity index (χ3v) is 4.52. The summed E-state index contributed by atoms with van der Waals surface area (Å²) in [5.74, 6) is 1.24. The molecule has 0 spiro atoms. The van der Waals surface area contributed by atoms with E-state index in [1.807, 2.05) is 24.7 Å². The lowest BCUT2D eigenvalue weighted by molar-refractivity contribution is -0.0337. The van der Waals surface area contributed by atoms with Gasteiger partial charge in [0.2, 0.25) is 5.88 Å². The van der Waals surface area contributed by atoms with E-state index in [1.54, 1.807) is 18.3 Å². The van der Waals surface area contributed by atoms with Crippen molar-refractivity contribution >= 4 is 5.91 Å². The highest BCUT2D eigenvalue weighted by atomic mass is 16.5. The van der Waals surface area contributed by atoms with E-state index in [0.717, 1.165) is 31.0 Å². The Morgan fingerprint density at radius 1 is 1.48 bits per heavy atom. The van der Waals surface area contributed by atoms with Crippen molar-refractivity contribution < 1.29 is 14.3 Å². The average molecular weight is 344 g/mol. The monoisotopic (exact) mass is 344 g/mol. The van der Waals surface area contributed by atoms with Gasteiger partial charge in [0.05, 0.1) is 7.11 Å². The lowest BCUT2D eigenvalue weighted by Crippen LogP contribution is -2.36. The average Bonchev–Trinajstić information content (AvgIpc) is 3.05. The molecule has 0 bridgehead atoms. The summed E-state index contributed by atoms with van der Waals surface area (Å²) in [4.78, 5) is 21.2. The van der Waals surface area contributed by atoms with E-state index in [9.17, 15) is 4.79 Å². The van der Waals surface area contributed by atoms with Gasteiger partial charge in [-0.25, -0.2) is 9.97 Å². The molecule has 0 saturated carbocycles. The lowest BCUT2D eigenvalue weighted by atomic mass is 9.93. The van der Waals surface area contributed by atoms with Gasteiger partial charge in [-0.2, -0.15) is 0 Å². The van der Waals surface area contributed by atoms with E-state index >= 15 is 0 Å². The fourth-order valence-corrected chi connectivity index (χ4v) is 3.17. The molecule has 0 aliphatic carbocycles. The first-order valence-electron chi connectivity index (χ1n) is 8.48. The summed E-state index contributed by atoms with van der Waals surface area (Å²) >= 11 is 0. The highest BCUT2D eigenvalue weighted by molar-refractivity contribution is 5.96. The molecule has 1 aliphatic heterocycles. The van der Waals surface area contributed by atoms with Gasteiger partial charge in [-0.3, -0.25) is 4.79 Å². The highest BCUT2D eigenvalue weighted by Crippen LogP contribution is 2.32. The Bertz CT molecular complexity index is 744. The highest BCUT2D eigenvalue weighted by Gasteiger charge is 2.30. The molecule has 3 heterocycles. The van der Waals surface area contributed by atoms with Crippen LogP contribution >= 0.6 is 0 Å². The van der Waals surface area contributed by atoms with Crippen molar-refractivity contribution in [2.75, 3.05) is 20.3 Å². The van der Waals surface area contributed by atoms with E-state index in [0.29, 0.717) is 18.0 Å². The van der Waals surface area contributed by atoms with Crippen LogP contribution in [0.1, 0.15) is 40.8 Å². The van der Waals surface area contributed by atoms with Crippen LogP contribution in [0.4, 0.5) is 0 Å². The van der Waals surface area contributed by atoms with Crippen LogP contribution in [0.5, 0.6) is 5.88 Å². The molecule has 2 atom stereocenters. The van der Waals surface area contributed by atoms with Gasteiger partial charge in [-0.05, 0) is 31.9 Å². The second-order valence-electron chi connectivity index (χ2n) is 6.31. The molecule has 0 unspecified atom stereocenters. The Kier molecular flexibility index (Phi) is 5.33. The summed E-state index contributed by atoms with van der Waals surface area (Å²) < 4.78 is 13.1. The minimum atomic E-state index is -0.187. The number of methoxy groups -OCH3 is 1. The van der Waals surface area contributed by atoms with E-state index in [1.165, 1.54) is 7.11 Å². The maximum atomic E-state index is 12.5. The van der Waals surface area contributed by atoms with Crippen LogP contribution in [0.15, 0.2) is 24.5 Å². The molecule has 1 aliphatic rings. The van der Waals surface area contributed by atoms with E-state index in [2.05, 4.69) is 15.3 Å². The van der Waals surface area contributed by atoms with E-state index in [-0.39, 0.29) is 17.9 Å². The molecule has 1 N–H and O–H groups in total. The topological polar surface area (TPSA) is 78.3 Å². The van der Waals surface area contributed by atoms with Crippen molar-refractivity contribution in [2.24, 2.45) is 13.0 Å². The first-order chi connectivity index (χ1) is 12.1. The number of nitrogens with one attached hydrogen (secondary N) is 1. The van der Waals surface area contributed by atoms with Gasteiger partial charge >= 0.3 is 0 Å². The first kappa shape index (κ1) is 17.4. The van der Waals surface area contributed by atoms with Crippen LogP contribution in [0, 0.1) is 12.8 Å². The zero-order valence-corrected chi connectivity index (χ0v) is 14.9. The molecule has 3 rings (SSSR count). The quantitative estimate of drug-likeness (QED) is 0.898. The van der Waals surface area contributed by atoms with Crippen molar-refractivity contribution in [2.45, 2.75) is 25.9 Å². The Balaban J connectivity index is 1.69.